The van der Waals surface area contributed by atoms with Gasteiger partial charge in [0.15, 0.2) is 5.82 Å². The number of benzene rings is 1. The average molecular weight is 353 g/mol. The fourth-order valence-electron chi connectivity index (χ4n) is 1.47. The molecule has 0 saturated heterocycles. The molecular weight excluding hydrogens is 344 g/mol. The summed E-state index contributed by atoms with van der Waals surface area (Å²) in [6.07, 6.45) is 2.60. The highest BCUT2D eigenvalue weighted by Gasteiger charge is 2.15. The van der Waals surface area contributed by atoms with Crippen molar-refractivity contribution in [1.82, 2.24) is 9.97 Å². The van der Waals surface area contributed by atoms with Crippen LogP contribution in [0, 0.1) is 10.1 Å². The third-order valence-corrected chi connectivity index (χ3v) is 3.09. The van der Waals surface area contributed by atoms with Gasteiger partial charge in [0.05, 0.1) is 21.8 Å². The quantitative estimate of drug-likeness (QED) is 0.432. The van der Waals surface area contributed by atoms with Gasteiger partial charge in [-0.05, 0) is 28.1 Å². The molecule has 0 aliphatic rings. The summed E-state index contributed by atoms with van der Waals surface area (Å²) >= 11 is 3.06. The average Bonchev–Trinajstić information content (AvgIpc) is 2.49. The lowest BCUT2D eigenvalue weighted by atomic mass is 10.2. The summed E-state index contributed by atoms with van der Waals surface area (Å²) in [4.78, 5) is 30.0. The molecule has 0 saturated carbocycles. The van der Waals surface area contributed by atoms with Crippen molar-refractivity contribution >= 4 is 39.0 Å². The van der Waals surface area contributed by atoms with Crippen molar-refractivity contribution in [1.29, 1.82) is 0 Å². The summed E-state index contributed by atoms with van der Waals surface area (Å²) < 4.78 is 0.319. The first-order valence-corrected chi connectivity index (χ1v) is 6.34. The van der Waals surface area contributed by atoms with E-state index in [-0.39, 0.29) is 22.9 Å². The van der Waals surface area contributed by atoms with Crippen molar-refractivity contribution in [2.24, 2.45) is 5.84 Å². The number of amides is 1. The summed E-state index contributed by atoms with van der Waals surface area (Å²) in [6.45, 7) is 0. The SMILES string of the molecule is NNc1cncc(C(=O)Nc2ccc(Br)c([N+](=O)[O-])c2)n1. The largest absolute Gasteiger partial charge is 0.320 e. The number of nitrogens with one attached hydrogen (secondary N) is 2. The maximum absolute atomic E-state index is 12.0. The van der Waals surface area contributed by atoms with Gasteiger partial charge in [0.1, 0.15) is 5.69 Å². The Kier molecular flexibility index (Phi) is 4.40. The number of nitro benzene ring substituents is 1. The number of nitrogens with zero attached hydrogens (tertiary/aromatic N) is 3. The topological polar surface area (TPSA) is 136 Å². The molecule has 1 amide bonds. The highest BCUT2D eigenvalue weighted by atomic mass is 79.9. The minimum Gasteiger partial charge on any atom is -0.320 e. The van der Waals surface area contributed by atoms with Crippen LogP contribution in [0.4, 0.5) is 17.2 Å². The predicted molar refractivity (Wildman–Crippen MR) is 78.6 cm³/mol. The van der Waals surface area contributed by atoms with Crippen LogP contribution in [0.15, 0.2) is 35.1 Å². The second-order valence-corrected chi connectivity index (χ2v) is 4.67. The van der Waals surface area contributed by atoms with Crippen LogP contribution in [-0.2, 0) is 0 Å². The van der Waals surface area contributed by atoms with E-state index in [1.165, 1.54) is 30.6 Å². The van der Waals surface area contributed by atoms with E-state index in [1.54, 1.807) is 0 Å². The number of carbonyl (C=O) groups excluding carboxylic acids is 1. The van der Waals surface area contributed by atoms with E-state index in [2.05, 4.69) is 36.6 Å². The second-order valence-electron chi connectivity index (χ2n) is 3.81. The number of hydrogen-bond acceptors (Lipinski definition) is 7. The Hall–Kier alpha value is -2.59. The first-order valence-electron chi connectivity index (χ1n) is 5.55. The number of hydrogen-bond donors (Lipinski definition) is 3. The van der Waals surface area contributed by atoms with Crippen LogP contribution in [0.5, 0.6) is 0 Å². The molecule has 0 bridgehead atoms. The van der Waals surface area contributed by atoms with Gasteiger partial charge in [0, 0.05) is 11.8 Å². The summed E-state index contributed by atoms with van der Waals surface area (Å²) in [5.41, 5.74) is 2.40. The van der Waals surface area contributed by atoms with Gasteiger partial charge in [-0.2, -0.15) is 0 Å². The van der Waals surface area contributed by atoms with Gasteiger partial charge in [-0.25, -0.2) is 10.8 Å². The standard InChI is InChI=1S/C11H9BrN6O3/c12-7-2-1-6(3-9(7)18(20)21)15-11(19)8-4-14-5-10(16-8)17-13/h1-5H,13H2,(H,15,19)(H,16,17). The van der Waals surface area contributed by atoms with Crippen LogP contribution < -0.4 is 16.6 Å². The predicted octanol–water partition coefficient (Wildman–Crippen LogP) is 1.69. The smallest absolute Gasteiger partial charge is 0.285 e. The molecule has 108 valence electrons. The third-order valence-electron chi connectivity index (χ3n) is 2.42. The molecule has 0 fully saturated rings. The Balaban J connectivity index is 2.23. The molecule has 4 N–H and O–H groups in total. The van der Waals surface area contributed by atoms with E-state index < -0.39 is 10.8 Å². The van der Waals surface area contributed by atoms with Crippen LogP contribution in [0.2, 0.25) is 0 Å². The van der Waals surface area contributed by atoms with Gasteiger partial charge in [-0.3, -0.25) is 19.9 Å². The molecule has 0 radical (unpaired) electrons. The van der Waals surface area contributed by atoms with E-state index in [1.807, 2.05) is 0 Å². The van der Waals surface area contributed by atoms with E-state index in [0.29, 0.717) is 4.47 Å². The summed E-state index contributed by atoms with van der Waals surface area (Å²) in [7, 11) is 0. The molecule has 0 aliphatic carbocycles. The maximum atomic E-state index is 12.0. The maximum Gasteiger partial charge on any atom is 0.285 e. The number of rotatable bonds is 4. The molecule has 0 spiro atoms. The fourth-order valence-corrected chi connectivity index (χ4v) is 1.86. The van der Waals surface area contributed by atoms with Gasteiger partial charge in [-0.15, -0.1) is 0 Å². The number of hydrazine groups is 1. The molecular formula is C11H9BrN6O3. The Labute approximate surface area is 126 Å². The Morgan fingerprint density at radius 1 is 1.38 bits per heavy atom. The lowest BCUT2D eigenvalue weighted by Gasteiger charge is -2.06. The van der Waals surface area contributed by atoms with E-state index >= 15 is 0 Å². The summed E-state index contributed by atoms with van der Waals surface area (Å²) in [6, 6.07) is 4.23. The van der Waals surface area contributed by atoms with E-state index in [0.717, 1.165) is 0 Å². The number of anilines is 2. The highest BCUT2D eigenvalue weighted by Crippen LogP contribution is 2.27. The zero-order chi connectivity index (χ0) is 15.4. The van der Waals surface area contributed by atoms with Crippen molar-refractivity contribution in [3.63, 3.8) is 0 Å². The van der Waals surface area contributed by atoms with Crippen molar-refractivity contribution < 1.29 is 9.72 Å². The molecule has 10 heteroatoms. The third kappa shape index (κ3) is 3.49. The zero-order valence-electron chi connectivity index (χ0n) is 10.4. The number of nitrogen functional groups attached to an aromatic ring is 1. The number of nitrogens with two attached hydrogens (primary N) is 1. The summed E-state index contributed by atoms with van der Waals surface area (Å²) in [5, 5.41) is 13.3. The lowest BCUT2D eigenvalue weighted by molar-refractivity contribution is -0.385. The molecule has 1 aromatic carbocycles. The molecule has 0 atom stereocenters. The number of aromatic nitrogens is 2. The second kappa shape index (κ2) is 6.24. The van der Waals surface area contributed by atoms with Crippen LogP contribution >= 0.6 is 15.9 Å². The molecule has 1 aromatic heterocycles. The van der Waals surface area contributed by atoms with Crippen LogP contribution in [0.3, 0.4) is 0 Å². The van der Waals surface area contributed by atoms with Crippen molar-refractivity contribution in [3.8, 4) is 0 Å². The van der Waals surface area contributed by atoms with E-state index in [4.69, 9.17) is 5.84 Å². The van der Waals surface area contributed by atoms with Crippen molar-refractivity contribution in [2.45, 2.75) is 0 Å². The number of carbonyl (C=O) groups is 1. The zero-order valence-corrected chi connectivity index (χ0v) is 12.0. The first-order chi connectivity index (χ1) is 10.0. The molecule has 0 unspecified atom stereocenters. The highest BCUT2D eigenvalue weighted by molar-refractivity contribution is 9.10. The summed E-state index contributed by atoms with van der Waals surface area (Å²) in [5.74, 6) is 4.84. The van der Waals surface area contributed by atoms with Crippen LogP contribution in [-0.4, -0.2) is 20.8 Å². The van der Waals surface area contributed by atoms with Gasteiger partial charge in [0.2, 0.25) is 0 Å². The molecule has 2 rings (SSSR count). The van der Waals surface area contributed by atoms with Crippen LogP contribution in [0.25, 0.3) is 0 Å². The minimum atomic E-state index is -0.559. The van der Waals surface area contributed by atoms with Gasteiger partial charge >= 0.3 is 0 Å². The van der Waals surface area contributed by atoms with Gasteiger partial charge in [-0.1, -0.05) is 0 Å². The monoisotopic (exact) mass is 352 g/mol. The minimum absolute atomic E-state index is 0.0241. The Morgan fingerprint density at radius 2 is 2.14 bits per heavy atom. The van der Waals surface area contributed by atoms with Crippen LogP contribution in [0.1, 0.15) is 10.5 Å². The molecule has 0 aliphatic heterocycles. The Bertz CT molecular complexity index is 708. The fraction of sp³-hybridized carbons (Fsp3) is 0. The molecule has 9 nitrogen and oxygen atoms in total. The first kappa shape index (κ1) is 14.8. The van der Waals surface area contributed by atoms with Gasteiger partial charge < -0.3 is 10.7 Å². The Morgan fingerprint density at radius 3 is 2.81 bits per heavy atom. The van der Waals surface area contributed by atoms with Gasteiger partial charge in [0.25, 0.3) is 11.6 Å². The lowest BCUT2D eigenvalue weighted by Crippen LogP contribution is -2.16. The molecule has 1 heterocycles. The van der Waals surface area contributed by atoms with Crippen molar-refractivity contribution in [2.75, 3.05) is 10.7 Å². The molecule has 2 aromatic rings. The normalized spacial score (nSPS) is 10.0. The molecule has 21 heavy (non-hydrogen) atoms. The van der Waals surface area contributed by atoms with Crippen molar-refractivity contribution in [3.05, 3.63) is 50.9 Å². The number of nitro groups is 1. The van der Waals surface area contributed by atoms with E-state index in [9.17, 15) is 14.9 Å². The number of halogens is 1.